The molecule has 0 saturated heterocycles. The molecule has 0 aromatic carbocycles. The second-order valence-electron chi connectivity index (χ2n) is 7.16. The van der Waals surface area contributed by atoms with Gasteiger partial charge in [0.05, 0.1) is 6.61 Å². The van der Waals surface area contributed by atoms with Crippen LogP contribution in [0.4, 0.5) is 0 Å². The molecule has 5 unspecified atom stereocenters. The first-order chi connectivity index (χ1) is 10.4. The van der Waals surface area contributed by atoms with E-state index < -0.39 is 6.04 Å². The zero-order valence-electron chi connectivity index (χ0n) is 15.0. The van der Waals surface area contributed by atoms with Crippen molar-refractivity contribution in [3.8, 4) is 0 Å². The van der Waals surface area contributed by atoms with Crippen LogP contribution in [0, 0.1) is 29.6 Å². The highest BCUT2D eigenvalue weighted by Gasteiger charge is 2.41. The molecule has 2 N–H and O–H groups in total. The largest absolute Gasteiger partial charge is 0.465 e. The third kappa shape index (κ3) is 5.45. The highest BCUT2D eigenvalue weighted by Crippen LogP contribution is 2.48. The molecule has 0 aromatic heterocycles. The summed E-state index contributed by atoms with van der Waals surface area (Å²) in [5.74, 6) is 4.45. The van der Waals surface area contributed by atoms with Gasteiger partial charge < -0.3 is 10.5 Å². The van der Waals surface area contributed by atoms with Crippen LogP contribution in [0.1, 0.15) is 53.4 Å². The number of carbonyl (C=O) groups is 1. The van der Waals surface area contributed by atoms with Gasteiger partial charge in [0.2, 0.25) is 0 Å². The molecule has 0 aromatic rings. The predicted octanol–water partition coefficient (Wildman–Crippen LogP) is 3.95. The van der Waals surface area contributed by atoms with Crippen molar-refractivity contribution in [2.24, 2.45) is 35.3 Å². The van der Waals surface area contributed by atoms with Crippen LogP contribution in [0.5, 0.6) is 0 Å². The van der Waals surface area contributed by atoms with Gasteiger partial charge in [0, 0.05) is 0 Å². The second kappa shape index (κ2) is 9.82. The molecule has 1 aliphatic carbocycles. The maximum Gasteiger partial charge on any atom is 0.322 e. The van der Waals surface area contributed by atoms with Gasteiger partial charge in [0.1, 0.15) is 6.04 Å². The number of hydrogen-bond donors (Lipinski definition) is 1. The van der Waals surface area contributed by atoms with Gasteiger partial charge >= 0.3 is 5.97 Å². The average molecular weight is 330 g/mol. The van der Waals surface area contributed by atoms with Crippen molar-refractivity contribution in [3.05, 3.63) is 0 Å². The monoisotopic (exact) mass is 329 g/mol. The van der Waals surface area contributed by atoms with Crippen LogP contribution < -0.4 is 5.73 Å². The third-order valence-corrected chi connectivity index (χ3v) is 6.20. The minimum Gasteiger partial charge on any atom is -0.465 e. The first-order valence-electron chi connectivity index (χ1n) is 8.83. The fourth-order valence-electron chi connectivity index (χ4n) is 4.03. The SMILES string of the molecule is CCC(C)C(CCOC(=O)C(N)CCSC)C1C(C)CC1C. The van der Waals surface area contributed by atoms with E-state index in [1.807, 2.05) is 6.26 Å². The Balaban J connectivity index is 2.42. The molecule has 1 rings (SSSR count). The molecule has 3 nitrogen and oxygen atoms in total. The van der Waals surface area contributed by atoms with E-state index >= 15 is 0 Å². The van der Waals surface area contributed by atoms with E-state index in [2.05, 4.69) is 27.7 Å². The van der Waals surface area contributed by atoms with Crippen molar-refractivity contribution in [2.45, 2.75) is 59.4 Å². The molecule has 130 valence electrons. The lowest BCUT2D eigenvalue weighted by atomic mass is 9.58. The van der Waals surface area contributed by atoms with E-state index in [0.717, 1.165) is 29.9 Å². The zero-order chi connectivity index (χ0) is 16.7. The molecule has 0 spiro atoms. The van der Waals surface area contributed by atoms with E-state index in [4.69, 9.17) is 10.5 Å². The predicted molar refractivity (Wildman–Crippen MR) is 95.9 cm³/mol. The van der Waals surface area contributed by atoms with Gasteiger partial charge in [-0.1, -0.05) is 34.1 Å². The molecule has 0 heterocycles. The molecule has 1 saturated carbocycles. The molecule has 1 fully saturated rings. The van der Waals surface area contributed by atoms with Gasteiger partial charge in [-0.05, 0) is 60.9 Å². The number of esters is 1. The number of nitrogens with two attached hydrogens (primary N) is 1. The summed E-state index contributed by atoms with van der Waals surface area (Å²) in [5.41, 5.74) is 5.86. The van der Waals surface area contributed by atoms with Gasteiger partial charge in [0.25, 0.3) is 0 Å². The molecule has 1 aliphatic rings. The molecule has 0 radical (unpaired) electrons. The van der Waals surface area contributed by atoms with Gasteiger partial charge in [-0.25, -0.2) is 0 Å². The molecule has 0 amide bonds. The number of carbonyl (C=O) groups excluding carboxylic acids is 1. The molecule has 5 atom stereocenters. The van der Waals surface area contributed by atoms with Gasteiger partial charge in [0.15, 0.2) is 0 Å². The van der Waals surface area contributed by atoms with E-state index in [1.165, 1.54) is 12.8 Å². The number of ether oxygens (including phenoxy) is 1. The maximum absolute atomic E-state index is 11.9. The quantitative estimate of drug-likeness (QED) is 0.617. The summed E-state index contributed by atoms with van der Waals surface area (Å²) in [6.45, 7) is 9.86. The Morgan fingerprint density at radius 3 is 2.45 bits per heavy atom. The van der Waals surface area contributed by atoms with Crippen LogP contribution in [0.2, 0.25) is 0 Å². The highest BCUT2D eigenvalue weighted by atomic mass is 32.2. The van der Waals surface area contributed by atoms with Crippen LogP contribution in [0.3, 0.4) is 0 Å². The first-order valence-corrected chi connectivity index (χ1v) is 10.2. The minimum atomic E-state index is -0.462. The summed E-state index contributed by atoms with van der Waals surface area (Å²) >= 11 is 1.71. The smallest absolute Gasteiger partial charge is 0.322 e. The second-order valence-corrected chi connectivity index (χ2v) is 8.15. The van der Waals surface area contributed by atoms with Crippen LogP contribution in [0.25, 0.3) is 0 Å². The summed E-state index contributed by atoms with van der Waals surface area (Å²) in [7, 11) is 0. The van der Waals surface area contributed by atoms with Crippen molar-refractivity contribution in [1.29, 1.82) is 0 Å². The highest BCUT2D eigenvalue weighted by molar-refractivity contribution is 7.98. The molecule has 4 heteroatoms. The minimum absolute atomic E-state index is 0.230. The summed E-state index contributed by atoms with van der Waals surface area (Å²) in [6.07, 6.45) is 6.25. The zero-order valence-corrected chi connectivity index (χ0v) is 15.8. The lowest BCUT2D eigenvalue weighted by Gasteiger charge is -2.48. The van der Waals surface area contributed by atoms with Crippen LogP contribution >= 0.6 is 11.8 Å². The Morgan fingerprint density at radius 1 is 1.32 bits per heavy atom. The normalized spacial score (nSPS) is 28.5. The van der Waals surface area contributed by atoms with E-state index in [-0.39, 0.29) is 5.97 Å². The Kier molecular flexibility index (Phi) is 8.85. The number of rotatable bonds is 10. The van der Waals surface area contributed by atoms with Crippen LogP contribution in [-0.2, 0) is 9.53 Å². The average Bonchev–Trinajstić information content (AvgIpc) is 2.50. The Bertz CT molecular complexity index is 329. The van der Waals surface area contributed by atoms with Crippen LogP contribution in [0.15, 0.2) is 0 Å². The van der Waals surface area contributed by atoms with Gasteiger partial charge in [-0.2, -0.15) is 11.8 Å². The Hall–Kier alpha value is -0.220. The first kappa shape index (κ1) is 19.8. The van der Waals surface area contributed by atoms with E-state index in [0.29, 0.717) is 24.9 Å². The van der Waals surface area contributed by atoms with Gasteiger partial charge in [-0.15, -0.1) is 0 Å². The van der Waals surface area contributed by atoms with Crippen LogP contribution in [-0.4, -0.2) is 30.6 Å². The fourth-order valence-corrected chi connectivity index (χ4v) is 4.52. The van der Waals surface area contributed by atoms with E-state index in [9.17, 15) is 4.79 Å². The van der Waals surface area contributed by atoms with Gasteiger partial charge in [-0.3, -0.25) is 4.79 Å². The van der Waals surface area contributed by atoms with Crippen molar-refractivity contribution < 1.29 is 9.53 Å². The van der Waals surface area contributed by atoms with Crippen molar-refractivity contribution in [3.63, 3.8) is 0 Å². The molecular weight excluding hydrogens is 294 g/mol. The summed E-state index contributed by atoms with van der Waals surface area (Å²) in [4.78, 5) is 11.9. The van der Waals surface area contributed by atoms with E-state index in [1.54, 1.807) is 11.8 Å². The summed E-state index contributed by atoms with van der Waals surface area (Å²) < 4.78 is 5.44. The number of thioether (sulfide) groups is 1. The lowest BCUT2D eigenvalue weighted by molar-refractivity contribution is -0.146. The molecule has 22 heavy (non-hydrogen) atoms. The number of hydrogen-bond acceptors (Lipinski definition) is 4. The molecule has 0 aliphatic heterocycles. The summed E-state index contributed by atoms with van der Waals surface area (Å²) in [5, 5.41) is 0. The molecule has 0 bridgehead atoms. The third-order valence-electron chi connectivity index (χ3n) is 5.56. The standard InChI is InChI=1S/C18H35NO2S/c1-6-12(2)15(17-13(3)11-14(17)4)7-9-21-18(20)16(19)8-10-22-5/h12-17H,6-11,19H2,1-5H3. The molecular formula is C18H35NO2S. The fraction of sp³-hybridized carbons (Fsp3) is 0.944. The Labute approximate surface area is 141 Å². The van der Waals surface area contributed by atoms with Crippen molar-refractivity contribution in [2.75, 3.05) is 18.6 Å². The Morgan fingerprint density at radius 2 is 1.95 bits per heavy atom. The summed E-state index contributed by atoms with van der Waals surface area (Å²) in [6, 6.07) is -0.462. The lowest BCUT2D eigenvalue weighted by Crippen LogP contribution is -2.41. The maximum atomic E-state index is 11.9. The van der Waals surface area contributed by atoms with Crippen molar-refractivity contribution in [1.82, 2.24) is 0 Å². The van der Waals surface area contributed by atoms with Crippen molar-refractivity contribution >= 4 is 17.7 Å². The topological polar surface area (TPSA) is 52.3 Å².